The predicted octanol–water partition coefficient (Wildman–Crippen LogP) is 2.61. The molecule has 0 aromatic carbocycles. The van der Waals surface area contributed by atoms with Gasteiger partial charge in [0.2, 0.25) is 5.95 Å². The van der Waals surface area contributed by atoms with Gasteiger partial charge in [0, 0.05) is 49.2 Å². The van der Waals surface area contributed by atoms with Crippen LogP contribution >= 0.6 is 0 Å². The van der Waals surface area contributed by atoms with Crippen molar-refractivity contribution >= 4 is 17.6 Å². The number of aryl methyl sites for hydroxylation is 2. The van der Waals surface area contributed by atoms with Gasteiger partial charge in [-0.05, 0) is 26.3 Å². The van der Waals surface area contributed by atoms with Gasteiger partial charge in [0.1, 0.15) is 17.4 Å². The maximum atomic E-state index is 5.08. The third-order valence-corrected chi connectivity index (χ3v) is 4.14. The van der Waals surface area contributed by atoms with Crippen LogP contribution < -0.4 is 10.2 Å². The van der Waals surface area contributed by atoms with E-state index in [1.54, 1.807) is 12.4 Å². The number of hydrogen-bond donors (Lipinski definition) is 1. The Labute approximate surface area is 145 Å². The fraction of sp³-hybridized carbons (Fsp3) is 0.353. The molecule has 3 aromatic heterocycles. The van der Waals surface area contributed by atoms with Crippen LogP contribution in [-0.4, -0.2) is 38.2 Å². The monoisotopic (exact) mass is 337 g/mol. The summed E-state index contributed by atoms with van der Waals surface area (Å²) in [4.78, 5) is 20.1. The zero-order valence-electron chi connectivity index (χ0n) is 14.2. The molecule has 8 nitrogen and oxygen atoms in total. The Morgan fingerprint density at radius 2 is 1.96 bits per heavy atom. The summed E-state index contributed by atoms with van der Waals surface area (Å²) in [6.45, 7) is 5.54. The van der Waals surface area contributed by atoms with Gasteiger partial charge in [-0.1, -0.05) is 5.16 Å². The first-order valence-corrected chi connectivity index (χ1v) is 8.25. The summed E-state index contributed by atoms with van der Waals surface area (Å²) in [5, 5.41) is 7.13. The van der Waals surface area contributed by atoms with Gasteiger partial charge >= 0.3 is 0 Å². The van der Waals surface area contributed by atoms with Crippen LogP contribution in [0.4, 0.5) is 17.6 Å². The molecule has 0 saturated carbocycles. The molecule has 128 valence electrons. The van der Waals surface area contributed by atoms with Crippen molar-refractivity contribution in [2.24, 2.45) is 0 Å². The average Bonchev–Trinajstić information content (AvgIpc) is 3.24. The van der Waals surface area contributed by atoms with Gasteiger partial charge in [0.15, 0.2) is 5.82 Å². The lowest BCUT2D eigenvalue weighted by molar-refractivity contribution is 0.400. The van der Waals surface area contributed by atoms with Crippen molar-refractivity contribution in [3.05, 3.63) is 47.9 Å². The van der Waals surface area contributed by atoms with E-state index in [4.69, 9.17) is 4.52 Å². The van der Waals surface area contributed by atoms with Gasteiger partial charge in [-0.15, -0.1) is 0 Å². The van der Waals surface area contributed by atoms with Gasteiger partial charge in [0.05, 0.1) is 0 Å². The van der Waals surface area contributed by atoms with E-state index in [2.05, 4.69) is 35.3 Å². The lowest BCUT2D eigenvalue weighted by Gasteiger charge is -2.15. The number of aromatic nitrogens is 5. The highest BCUT2D eigenvalue weighted by atomic mass is 16.5. The van der Waals surface area contributed by atoms with Crippen LogP contribution in [0.5, 0.6) is 0 Å². The molecule has 0 amide bonds. The first kappa shape index (κ1) is 15.5. The summed E-state index contributed by atoms with van der Waals surface area (Å²) in [6, 6.07) is 5.56. The highest BCUT2D eigenvalue weighted by Crippen LogP contribution is 2.28. The quantitative estimate of drug-likeness (QED) is 0.776. The van der Waals surface area contributed by atoms with Crippen LogP contribution in [0.3, 0.4) is 0 Å². The minimum Gasteiger partial charge on any atom is -0.360 e. The SMILES string of the molecule is Cc1cc(Nc2cc(C)on2)nc([C@H]2CCN(c3ncccn3)C2)n1. The fourth-order valence-electron chi connectivity index (χ4n) is 3.00. The Morgan fingerprint density at radius 3 is 2.72 bits per heavy atom. The maximum absolute atomic E-state index is 5.08. The minimum atomic E-state index is 0.253. The topological polar surface area (TPSA) is 92.9 Å². The molecular formula is C17H19N7O. The van der Waals surface area contributed by atoms with E-state index in [0.29, 0.717) is 5.82 Å². The van der Waals surface area contributed by atoms with Crippen molar-refractivity contribution in [3.8, 4) is 0 Å². The molecule has 4 heterocycles. The zero-order valence-corrected chi connectivity index (χ0v) is 14.2. The minimum absolute atomic E-state index is 0.253. The number of rotatable bonds is 4. The molecule has 1 fully saturated rings. The van der Waals surface area contributed by atoms with Gasteiger partial charge in [0.25, 0.3) is 0 Å². The molecule has 8 heteroatoms. The van der Waals surface area contributed by atoms with Crippen LogP contribution in [0.25, 0.3) is 0 Å². The fourth-order valence-corrected chi connectivity index (χ4v) is 3.00. The highest BCUT2D eigenvalue weighted by molar-refractivity contribution is 5.51. The van der Waals surface area contributed by atoms with Crippen LogP contribution in [0, 0.1) is 13.8 Å². The summed E-state index contributed by atoms with van der Waals surface area (Å²) in [5.74, 6) is 3.97. The second-order valence-corrected chi connectivity index (χ2v) is 6.18. The first-order valence-electron chi connectivity index (χ1n) is 8.25. The van der Waals surface area contributed by atoms with Crippen molar-refractivity contribution < 1.29 is 4.52 Å². The first-order chi connectivity index (χ1) is 12.2. The summed E-state index contributed by atoms with van der Waals surface area (Å²) < 4.78 is 5.08. The van der Waals surface area contributed by atoms with Crippen LogP contribution in [0.1, 0.15) is 29.6 Å². The van der Waals surface area contributed by atoms with E-state index < -0.39 is 0 Å². The maximum Gasteiger partial charge on any atom is 0.225 e. The summed E-state index contributed by atoms with van der Waals surface area (Å²) in [6.07, 6.45) is 4.51. The molecule has 1 N–H and O–H groups in total. The molecule has 25 heavy (non-hydrogen) atoms. The lowest BCUT2D eigenvalue weighted by Crippen LogP contribution is -2.22. The Kier molecular flexibility index (Phi) is 4.01. The number of anilines is 3. The van der Waals surface area contributed by atoms with Crippen molar-refractivity contribution in [3.63, 3.8) is 0 Å². The van der Waals surface area contributed by atoms with E-state index in [1.807, 2.05) is 32.0 Å². The van der Waals surface area contributed by atoms with Gasteiger partial charge < -0.3 is 14.7 Å². The Bertz CT molecular complexity index is 864. The zero-order chi connectivity index (χ0) is 17.2. The molecule has 1 saturated heterocycles. The third-order valence-electron chi connectivity index (χ3n) is 4.14. The summed E-state index contributed by atoms with van der Waals surface area (Å²) >= 11 is 0. The van der Waals surface area contributed by atoms with Crippen molar-refractivity contribution in [2.75, 3.05) is 23.3 Å². The Balaban J connectivity index is 1.52. The van der Waals surface area contributed by atoms with Crippen molar-refractivity contribution in [1.29, 1.82) is 0 Å². The van der Waals surface area contributed by atoms with Gasteiger partial charge in [-0.3, -0.25) is 0 Å². The van der Waals surface area contributed by atoms with Crippen molar-refractivity contribution in [1.82, 2.24) is 25.1 Å². The molecule has 4 rings (SSSR count). The Hall–Kier alpha value is -3.03. The van der Waals surface area contributed by atoms with Crippen molar-refractivity contribution in [2.45, 2.75) is 26.2 Å². The molecule has 1 atom stereocenters. The highest BCUT2D eigenvalue weighted by Gasteiger charge is 2.28. The molecule has 3 aromatic rings. The number of nitrogens with zero attached hydrogens (tertiary/aromatic N) is 6. The molecule has 0 radical (unpaired) electrons. The van der Waals surface area contributed by atoms with E-state index in [9.17, 15) is 0 Å². The van der Waals surface area contributed by atoms with Gasteiger partial charge in [-0.25, -0.2) is 19.9 Å². The molecule has 0 aliphatic carbocycles. The number of hydrogen-bond acceptors (Lipinski definition) is 8. The number of nitrogens with one attached hydrogen (secondary N) is 1. The van der Waals surface area contributed by atoms with Crippen LogP contribution in [0.15, 0.2) is 35.1 Å². The summed E-state index contributed by atoms with van der Waals surface area (Å²) in [7, 11) is 0. The summed E-state index contributed by atoms with van der Waals surface area (Å²) in [5.41, 5.74) is 0.919. The molecule has 0 unspecified atom stereocenters. The third kappa shape index (κ3) is 3.42. The lowest BCUT2D eigenvalue weighted by atomic mass is 10.1. The van der Waals surface area contributed by atoms with E-state index in [0.717, 1.165) is 48.6 Å². The molecule has 0 spiro atoms. The predicted molar refractivity (Wildman–Crippen MR) is 92.9 cm³/mol. The smallest absolute Gasteiger partial charge is 0.225 e. The second-order valence-electron chi connectivity index (χ2n) is 6.18. The normalized spacial score (nSPS) is 17.0. The van der Waals surface area contributed by atoms with Crippen LogP contribution in [0.2, 0.25) is 0 Å². The van der Waals surface area contributed by atoms with E-state index in [1.165, 1.54) is 0 Å². The molecule has 1 aliphatic rings. The molecule has 1 aliphatic heterocycles. The molecular weight excluding hydrogens is 318 g/mol. The van der Waals surface area contributed by atoms with E-state index in [-0.39, 0.29) is 5.92 Å². The van der Waals surface area contributed by atoms with Crippen LogP contribution in [-0.2, 0) is 0 Å². The van der Waals surface area contributed by atoms with Gasteiger partial charge in [-0.2, -0.15) is 0 Å². The molecule has 0 bridgehead atoms. The largest absolute Gasteiger partial charge is 0.360 e. The Morgan fingerprint density at radius 1 is 1.12 bits per heavy atom. The standard InChI is InChI=1S/C17H19N7O/c1-11-8-14(21-15-9-12(2)25-23-15)22-16(20-11)13-4-7-24(10-13)17-18-5-3-6-19-17/h3,5-6,8-9,13H,4,7,10H2,1-2H3,(H,20,21,22,23)/t13-/m0/s1. The second kappa shape index (κ2) is 6.46. The average molecular weight is 337 g/mol. The van der Waals surface area contributed by atoms with E-state index >= 15 is 0 Å².